The number of nitrogens with zero attached hydrogens (tertiary/aromatic N) is 2. The van der Waals surface area contributed by atoms with E-state index in [0.717, 1.165) is 44.4 Å². The monoisotopic (exact) mass is 577 g/mol. The molecule has 0 spiro atoms. The smallest absolute Gasteiger partial charge is 0.256 e. The van der Waals surface area contributed by atoms with Gasteiger partial charge in [0.2, 0.25) is 0 Å². The quantitative estimate of drug-likeness (QED) is 0.419. The van der Waals surface area contributed by atoms with Crippen molar-refractivity contribution in [2.24, 2.45) is 0 Å². The zero-order chi connectivity index (χ0) is 18.0. The highest BCUT2D eigenvalue weighted by Gasteiger charge is 2.16. The lowest BCUT2D eigenvalue weighted by Gasteiger charge is -2.34. The second-order valence-corrected chi connectivity index (χ2v) is 8.89. The van der Waals surface area contributed by atoms with E-state index < -0.39 is 0 Å². The van der Waals surface area contributed by atoms with E-state index in [1.807, 2.05) is 24.3 Å². The van der Waals surface area contributed by atoms with Crippen molar-refractivity contribution >= 4 is 71.7 Å². The Labute approximate surface area is 178 Å². The molecule has 1 fully saturated rings. The summed E-state index contributed by atoms with van der Waals surface area (Å²) in [5.41, 5.74) is 2.64. The SMILES string of the molecule is CN1CCN(c2ccc(NC(=O)c3cc(Br)cc(Br)c3I)cc2)CC1. The van der Waals surface area contributed by atoms with Crippen molar-refractivity contribution in [3.8, 4) is 0 Å². The van der Waals surface area contributed by atoms with E-state index >= 15 is 0 Å². The lowest BCUT2D eigenvalue weighted by molar-refractivity contribution is 0.102. The van der Waals surface area contributed by atoms with Crippen LogP contribution in [-0.4, -0.2) is 44.0 Å². The van der Waals surface area contributed by atoms with Crippen molar-refractivity contribution in [3.63, 3.8) is 0 Å². The zero-order valence-electron chi connectivity index (χ0n) is 13.7. The van der Waals surface area contributed by atoms with Crippen LogP contribution in [0.4, 0.5) is 11.4 Å². The molecule has 25 heavy (non-hydrogen) atoms. The number of amides is 1. The van der Waals surface area contributed by atoms with Gasteiger partial charge in [-0.3, -0.25) is 4.79 Å². The molecule has 4 nitrogen and oxygen atoms in total. The van der Waals surface area contributed by atoms with E-state index in [4.69, 9.17) is 0 Å². The summed E-state index contributed by atoms with van der Waals surface area (Å²) < 4.78 is 2.67. The van der Waals surface area contributed by atoms with Crippen LogP contribution in [0.15, 0.2) is 45.3 Å². The average Bonchev–Trinajstić information content (AvgIpc) is 2.59. The molecule has 0 atom stereocenters. The molecule has 0 radical (unpaired) electrons. The summed E-state index contributed by atoms with van der Waals surface area (Å²) >= 11 is 9.09. The number of piperazine rings is 1. The minimum absolute atomic E-state index is 0.112. The van der Waals surface area contributed by atoms with Crippen LogP contribution in [0.1, 0.15) is 10.4 Å². The van der Waals surface area contributed by atoms with Crippen LogP contribution >= 0.6 is 54.5 Å². The zero-order valence-corrected chi connectivity index (χ0v) is 19.1. The first-order valence-electron chi connectivity index (χ1n) is 7.93. The molecule has 7 heteroatoms. The fourth-order valence-corrected chi connectivity index (χ4v) is 4.52. The lowest BCUT2D eigenvalue weighted by atomic mass is 10.2. The molecule has 3 rings (SSSR count). The number of anilines is 2. The molecule has 0 bridgehead atoms. The van der Waals surface area contributed by atoms with Crippen molar-refractivity contribution < 1.29 is 4.79 Å². The van der Waals surface area contributed by atoms with Crippen molar-refractivity contribution in [2.75, 3.05) is 43.4 Å². The molecular weight excluding hydrogens is 561 g/mol. The van der Waals surface area contributed by atoms with Gasteiger partial charge in [-0.05, 0) is 82.0 Å². The van der Waals surface area contributed by atoms with Gasteiger partial charge in [0.05, 0.1) is 5.56 Å². The molecule has 1 heterocycles. The summed E-state index contributed by atoms with van der Waals surface area (Å²) in [5, 5.41) is 2.98. The summed E-state index contributed by atoms with van der Waals surface area (Å²) in [6.45, 7) is 4.22. The first-order valence-corrected chi connectivity index (χ1v) is 10.6. The predicted octanol–water partition coefficient (Wildman–Crippen LogP) is 4.82. The molecule has 1 aliphatic rings. The fraction of sp³-hybridized carbons (Fsp3) is 0.278. The van der Waals surface area contributed by atoms with Crippen LogP contribution in [0, 0.1) is 3.57 Å². The lowest BCUT2D eigenvalue weighted by Crippen LogP contribution is -2.44. The van der Waals surface area contributed by atoms with E-state index in [1.54, 1.807) is 0 Å². The Balaban J connectivity index is 1.70. The van der Waals surface area contributed by atoms with Gasteiger partial charge in [0.25, 0.3) is 5.91 Å². The summed E-state index contributed by atoms with van der Waals surface area (Å²) in [4.78, 5) is 17.3. The molecule has 132 valence electrons. The maximum atomic E-state index is 12.6. The Kier molecular flexibility index (Phi) is 6.40. The van der Waals surface area contributed by atoms with Crippen molar-refractivity contribution in [1.82, 2.24) is 4.90 Å². The first kappa shape index (κ1) is 19.1. The summed E-state index contributed by atoms with van der Waals surface area (Å²) in [6.07, 6.45) is 0. The van der Waals surface area contributed by atoms with Gasteiger partial charge in [-0.15, -0.1) is 0 Å². The Bertz CT molecular complexity index is 775. The van der Waals surface area contributed by atoms with Crippen LogP contribution in [0.25, 0.3) is 0 Å². The van der Waals surface area contributed by atoms with Gasteiger partial charge in [0, 0.05) is 50.1 Å². The van der Waals surface area contributed by atoms with Crippen molar-refractivity contribution in [1.29, 1.82) is 0 Å². The minimum Gasteiger partial charge on any atom is -0.369 e. The number of carbonyl (C=O) groups is 1. The molecule has 0 aliphatic carbocycles. The van der Waals surface area contributed by atoms with Gasteiger partial charge in [0.1, 0.15) is 0 Å². The Morgan fingerprint density at radius 1 is 1.08 bits per heavy atom. The van der Waals surface area contributed by atoms with Crippen molar-refractivity contribution in [2.45, 2.75) is 0 Å². The third-order valence-corrected chi connectivity index (χ3v) is 7.22. The number of halogens is 3. The van der Waals surface area contributed by atoms with Gasteiger partial charge in [0.15, 0.2) is 0 Å². The molecule has 2 aromatic rings. The number of likely N-dealkylation sites (N-methyl/N-ethyl adjacent to an activating group) is 1. The van der Waals surface area contributed by atoms with Gasteiger partial charge in [-0.25, -0.2) is 0 Å². The third kappa shape index (κ3) is 4.75. The number of nitrogens with one attached hydrogen (secondary N) is 1. The number of carbonyl (C=O) groups excluding carboxylic acids is 1. The molecule has 1 N–H and O–H groups in total. The van der Waals surface area contributed by atoms with E-state index in [0.29, 0.717) is 5.56 Å². The maximum absolute atomic E-state index is 12.6. The molecular formula is C18H18Br2IN3O. The summed E-state index contributed by atoms with van der Waals surface area (Å²) in [7, 11) is 2.15. The highest BCUT2D eigenvalue weighted by Crippen LogP contribution is 2.28. The van der Waals surface area contributed by atoms with Gasteiger partial charge < -0.3 is 15.1 Å². The van der Waals surface area contributed by atoms with Crippen molar-refractivity contribution in [3.05, 3.63) is 54.5 Å². The maximum Gasteiger partial charge on any atom is 0.256 e. The number of benzene rings is 2. The topological polar surface area (TPSA) is 35.6 Å². The average molecular weight is 579 g/mol. The molecule has 2 aromatic carbocycles. The largest absolute Gasteiger partial charge is 0.369 e. The molecule has 0 saturated carbocycles. The molecule has 1 saturated heterocycles. The number of rotatable bonds is 3. The predicted molar refractivity (Wildman–Crippen MR) is 119 cm³/mol. The third-order valence-electron chi connectivity index (χ3n) is 4.23. The Hall–Kier alpha value is -0.640. The van der Waals surface area contributed by atoms with Gasteiger partial charge in [-0.2, -0.15) is 0 Å². The second kappa shape index (κ2) is 8.37. The van der Waals surface area contributed by atoms with Crippen LogP contribution in [0.2, 0.25) is 0 Å². The standard InChI is InChI=1S/C18H18Br2IN3O/c1-23-6-8-24(9-7-23)14-4-2-13(3-5-14)22-18(25)15-10-12(19)11-16(20)17(15)21/h2-5,10-11H,6-9H2,1H3,(H,22,25). The second-order valence-electron chi connectivity index (χ2n) is 6.04. The summed E-state index contributed by atoms with van der Waals surface area (Å²) in [6, 6.07) is 11.8. The Morgan fingerprint density at radius 2 is 1.72 bits per heavy atom. The molecule has 1 aliphatic heterocycles. The highest BCUT2D eigenvalue weighted by molar-refractivity contribution is 14.1. The molecule has 0 unspecified atom stereocenters. The number of hydrogen-bond donors (Lipinski definition) is 1. The van der Waals surface area contributed by atoms with Gasteiger partial charge in [-0.1, -0.05) is 15.9 Å². The normalized spacial score (nSPS) is 15.3. The molecule has 0 aromatic heterocycles. The van der Waals surface area contributed by atoms with Crippen LogP contribution in [-0.2, 0) is 0 Å². The minimum atomic E-state index is -0.112. The molecule has 1 amide bonds. The number of hydrogen-bond acceptors (Lipinski definition) is 3. The van der Waals surface area contributed by atoms with E-state index in [2.05, 4.69) is 88.7 Å². The van der Waals surface area contributed by atoms with Gasteiger partial charge >= 0.3 is 0 Å². The Morgan fingerprint density at radius 3 is 2.36 bits per heavy atom. The van der Waals surface area contributed by atoms with Crippen LogP contribution in [0.5, 0.6) is 0 Å². The van der Waals surface area contributed by atoms with E-state index in [9.17, 15) is 4.79 Å². The highest BCUT2D eigenvalue weighted by atomic mass is 127. The van der Waals surface area contributed by atoms with E-state index in [-0.39, 0.29) is 5.91 Å². The van der Waals surface area contributed by atoms with Crippen LogP contribution < -0.4 is 10.2 Å². The first-order chi connectivity index (χ1) is 11.9. The summed E-state index contributed by atoms with van der Waals surface area (Å²) in [5.74, 6) is -0.112. The fourth-order valence-electron chi connectivity index (χ4n) is 2.74. The van der Waals surface area contributed by atoms with Crippen LogP contribution in [0.3, 0.4) is 0 Å². The van der Waals surface area contributed by atoms with E-state index in [1.165, 1.54) is 5.69 Å².